The number of nitrogens with zero attached hydrogens (tertiary/aromatic N) is 4. The van der Waals surface area contributed by atoms with Crippen LogP contribution in [-0.2, 0) is 16.7 Å². The van der Waals surface area contributed by atoms with Crippen LogP contribution in [0.2, 0.25) is 0 Å². The van der Waals surface area contributed by atoms with Gasteiger partial charge in [0.25, 0.3) is 0 Å². The van der Waals surface area contributed by atoms with Gasteiger partial charge in [-0.3, -0.25) is 4.90 Å². The van der Waals surface area contributed by atoms with E-state index in [4.69, 9.17) is 13.7 Å². The zero-order chi connectivity index (χ0) is 16.6. The summed E-state index contributed by atoms with van der Waals surface area (Å²) in [5.74, 6) is 2.87. The summed E-state index contributed by atoms with van der Waals surface area (Å²) in [5.41, 5.74) is -0.0473. The van der Waals surface area contributed by atoms with Crippen molar-refractivity contribution < 1.29 is 13.7 Å². The molecule has 0 aromatic carbocycles. The maximum Gasteiger partial charge on any atom is 0.244 e. The van der Waals surface area contributed by atoms with E-state index in [1.807, 2.05) is 13.1 Å². The summed E-state index contributed by atoms with van der Waals surface area (Å²) in [6, 6.07) is 0.0335. The van der Waals surface area contributed by atoms with Crippen LogP contribution >= 0.6 is 0 Å². The van der Waals surface area contributed by atoms with Gasteiger partial charge in [-0.05, 0) is 13.3 Å². The van der Waals surface area contributed by atoms with Crippen molar-refractivity contribution in [1.82, 2.24) is 20.0 Å². The quantitative estimate of drug-likeness (QED) is 0.857. The second kappa shape index (κ2) is 6.05. The number of hydrogen-bond donors (Lipinski definition) is 0. The van der Waals surface area contributed by atoms with Crippen molar-refractivity contribution in [3.8, 4) is 0 Å². The molecule has 7 heteroatoms. The average Bonchev–Trinajstić information content (AvgIpc) is 3.17. The third-order valence-electron chi connectivity index (χ3n) is 4.16. The maximum absolute atomic E-state index is 5.91. The summed E-state index contributed by atoms with van der Waals surface area (Å²) in [4.78, 5) is 11.0. The van der Waals surface area contributed by atoms with Crippen LogP contribution in [0.15, 0.2) is 15.1 Å². The Balaban J connectivity index is 1.77. The van der Waals surface area contributed by atoms with Gasteiger partial charge in [-0.15, -0.1) is 0 Å². The summed E-state index contributed by atoms with van der Waals surface area (Å²) < 4.78 is 16.8. The third-order valence-corrected chi connectivity index (χ3v) is 4.16. The van der Waals surface area contributed by atoms with Crippen molar-refractivity contribution in [2.24, 2.45) is 0 Å². The number of rotatable bonds is 4. The van der Waals surface area contributed by atoms with Crippen molar-refractivity contribution in [2.45, 2.75) is 58.2 Å². The van der Waals surface area contributed by atoms with Gasteiger partial charge in [-0.1, -0.05) is 25.9 Å². The fourth-order valence-electron chi connectivity index (χ4n) is 2.82. The molecule has 1 aliphatic heterocycles. The van der Waals surface area contributed by atoms with E-state index in [1.165, 1.54) is 0 Å². The highest BCUT2D eigenvalue weighted by atomic mass is 16.5. The predicted molar refractivity (Wildman–Crippen MR) is 82.8 cm³/mol. The molecule has 0 saturated carbocycles. The van der Waals surface area contributed by atoms with Crippen LogP contribution in [-0.4, -0.2) is 39.8 Å². The fourth-order valence-corrected chi connectivity index (χ4v) is 2.82. The molecule has 1 saturated heterocycles. The van der Waals surface area contributed by atoms with E-state index in [-0.39, 0.29) is 17.6 Å². The number of methoxy groups -OCH3 is 1. The number of hydrogen-bond acceptors (Lipinski definition) is 7. The summed E-state index contributed by atoms with van der Waals surface area (Å²) in [6.07, 6.45) is 2.78. The van der Waals surface area contributed by atoms with Gasteiger partial charge >= 0.3 is 0 Å². The van der Waals surface area contributed by atoms with E-state index in [0.717, 1.165) is 18.7 Å². The lowest BCUT2D eigenvalue weighted by Gasteiger charge is -2.19. The Hall–Kier alpha value is -1.73. The van der Waals surface area contributed by atoms with Gasteiger partial charge in [-0.25, -0.2) is 4.98 Å². The minimum absolute atomic E-state index is 0.0335. The number of aromatic nitrogens is 3. The van der Waals surface area contributed by atoms with Gasteiger partial charge in [0.15, 0.2) is 5.82 Å². The molecule has 2 aromatic rings. The highest BCUT2D eigenvalue weighted by molar-refractivity contribution is 5.07. The first-order chi connectivity index (χ1) is 10.9. The van der Waals surface area contributed by atoms with Crippen molar-refractivity contribution in [3.05, 3.63) is 29.6 Å². The highest BCUT2D eigenvalue weighted by Gasteiger charge is 2.37. The molecule has 2 atom stereocenters. The molecule has 0 aliphatic carbocycles. The Morgan fingerprint density at radius 2 is 2.17 bits per heavy atom. The van der Waals surface area contributed by atoms with Gasteiger partial charge in [0.2, 0.25) is 11.8 Å². The number of likely N-dealkylation sites (tertiary alicyclic amines) is 1. The van der Waals surface area contributed by atoms with Gasteiger partial charge in [0, 0.05) is 19.1 Å². The number of oxazole rings is 1. The molecule has 7 nitrogen and oxygen atoms in total. The summed E-state index contributed by atoms with van der Waals surface area (Å²) in [6.45, 7) is 9.54. The van der Waals surface area contributed by atoms with Gasteiger partial charge in [0.1, 0.15) is 5.76 Å². The minimum atomic E-state index is -0.0473. The van der Waals surface area contributed by atoms with E-state index < -0.39 is 0 Å². The SMILES string of the molecule is CO[C@H]1C[C@H](c2nc(C)no2)N(Cc2ncc(C(C)(C)C)o2)C1. The molecule has 0 radical (unpaired) electrons. The lowest BCUT2D eigenvalue weighted by Crippen LogP contribution is -2.25. The highest BCUT2D eigenvalue weighted by Crippen LogP contribution is 2.34. The molecule has 0 unspecified atom stereocenters. The first-order valence-corrected chi connectivity index (χ1v) is 7.89. The van der Waals surface area contributed by atoms with Gasteiger partial charge in [-0.2, -0.15) is 4.98 Å². The molecule has 1 aliphatic rings. The van der Waals surface area contributed by atoms with Crippen LogP contribution in [0.25, 0.3) is 0 Å². The van der Waals surface area contributed by atoms with E-state index >= 15 is 0 Å². The Bertz CT molecular complexity index is 658. The largest absolute Gasteiger partial charge is 0.444 e. The molecule has 0 N–H and O–H groups in total. The van der Waals surface area contributed by atoms with E-state index in [1.54, 1.807) is 7.11 Å². The Labute approximate surface area is 136 Å². The average molecular weight is 320 g/mol. The normalized spacial score (nSPS) is 22.8. The van der Waals surface area contributed by atoms with Crippen LogP contribution in [0.3, 0.4) is 0 Å². The molecule has 126 valence electrons. The van der Waals surface area contributed by atoms with Crippen molar-refractivity contribution in [3.63, 3.8) is 0 Å². The zero-order valence-electron chi connectivity index (χ0n) is 14.4. The van der Waals surface area contributed by atoms with E-state index in [9.17, 15) is 0 Å². The van der Waals surface area contributed by atoms with Crippen LogP contribution in [0, 0.1) is 6.92 Å². The molecular formula is C16H24N4O3. The topological polar surface area (TPSA) is 77.4 Å². The van der Waals surface area contributed by atoms with Crippen molar-refractivity contribution in [1.29, 1.82) is 0 Å². The maximum atomic E-state index is 5.91. The molecule has 0 spiro atoms. The molecule has 3 heterocycles. The number of ether oxygens (including phenoxy) is 1. The van der Waals surface area contributed by atoms with Crippen molar-refractivity contribution >= 4 is 0 Å². The first kappa shape index (κ1) is 16.1. The molecule has 3 rings (SSSR count). The molecule has 23 heavy (non-hydrogen) atoms. The van der Waals surface area contributed by atoms with E-state index in [2.05, 4.69) is 40.8 Å². The van der Waals surface area contributed by atoms with Crippen LogP contribution in [0.5, 0.6) is 0 Å². The van der Waals surface area contributed by atoms with Gasteiger partial charge in [0.05, 0.1) is 24.9 Å². The van der Waals surface area contributed by atoms with Gasteiger partial charge < -0.3 is 13.7 Å². The summed E-state index contributed by atoms with van der Waals surface area (Å²) in [7, 11) is 1.73. The lowest BCUT2D eigenvalue weighted by atomic mass is 9.94. The van der Waals surface area contributed by atoms with Crippen LogP contribution in [0.1, 0.15) is 56.6 Å². The molecule has 2 aromatic heterocycles. The monoisotopic (exact) mass is 320 g/mol. The molecule has 0 bridgehead atoms. The molecular weight excluding hydrogens is 296 g/mol. The summed E-state index contributed by atoms with van der Waals surface area (Å²) >= 11 is 0. The third kappa shape index (κ3) is 3.45. The number of aryl methyl sites for hydroxylation is 1. The fraction of sp³-hybridized carbons (Fsp3) is 0.688. The van der Waals surface area contributed by atoms with E-state index in [0.29, 0.717) is 24.2 Å². The Morgan fingerprint density at radius 1 is 1.39 bits per heavy atom. The Morgan fingerprint density at radius 3 is 2.74 bits per heavy atom. The Kier molecular flexibility index (Phi) is 4.25. The molecule has 0 amide bonds. The first-order valence-electron chi connectivity index (χ1n) is 7.89. The summed E-state index contributed by atoms with van der Waals surface area (Å²) in [5, 5.41) is 3.90. The standard InChI is InChI=1S/C16H24N4O3/c1-10-18-15(23-19-10)12-6-11(21-5)8-20(12)9-14-17-7-13(22-14)16(2,3)4/h7,11-12H,6,8-9H2,1-5H3/t11-,12+/m0/s1. The predicted octanol–water partition coefficient (Wildman–Crippen LogP) is 2.63. The zero-order valence-corrected chi connectivity index (χ0v) is 14.4. The van der Waals surface area contributed by atoms with Crippen molar-refractivity contribution in [2.75, 3.05) is 13.7 Å². The van der Waals surface area contributed by atoms with Crippen LogP contribution in [0.4, 0.5) is 0 Å². The second-order valence-corrected chi connectivity index (χ2v) is 7.09. The minimum Gasteiger partial charge on any atom is -0.444 e. The lowest BCUT2D eigenvalue weighted by molar-refractivity contribution is 0.105. The molecule has 1 fully saturated rings. The van der Waals surface area contributed by atoms with Crippen LogP contribution < -0.4 is 0 Å². The smallest absolute Gasteiger partial charge is 0.244 e. The second-order valence-electron chi connectivity index (χ2n) is 7.09.